The van der Waals surface area contributed by atoms with Gasteiger partial charge in [0.25, 0.3) is 11.5 Å². The topological polar surface area (TPSA) is 109 Å². The van der Waals surface area contributed by atoms with Gasteiger partial charge >= 0.3 is 5.97 Å². The molecule has 2 aliphatic heterocycles. The second kappa shape index (κ2) is 7.12. The molecule has 0 radical (unpaired) electrons. The van der Waals surface area contributed by atoms with Gasteiger partial charge in [-0.25, -0.2) is 4.79 Å². The van der Waals surface area contributed by atoms with Crippen molar-refractivity contribution in [2.75, 3.05) is 46.0 Å². The summed E-state index contributed by atoms with van der Waals surface area (Å²) in [5.74, 6) is -0.815. The first-order valence-electron chi connectivity index (χ1n) is 9.00. The van der Waals surface area contributed by atoms with Crippen molar-refractivity contribution >= 4 is 17.5 Å². The smallest absolute Gasteiger partial charge is 0.358 e. The van der Waals surface area contributed by atoms with Crippen LogP contribution in [0.1, 0.15) is 33.5 Å². The molecule has 4 heterocycles. The third-order valence-electron chi connectivity index (χ3n) is 4.84. The van der Waals surface area contributed by atoms with Gasteiger partial charge in [-0.3, -0.25) is 14.5 Å². The Labute approximate surface area is 154 Å². The monoisotopic (exact) mass is 375 g/mol. The van der Waals surface area contributed by atoms with Crippen molar-refractivity contribution in [2.45, 2.75) is 13.5 Å². The van der Waals surface area contributed by atoms with Crippen molar-refractivity contribution in [3.63, 3.8) is 0 Å². The standard InChI is InChI=1S/C17H21N5O5/c1-2-27-17(25)12-9-13-18-14-11(15(23)22(13)19-12)10-21(16(14)24)4-3-20-5-7-26-8-6-20/h9,18H,2-8,10H2,1H3. The predicted molar refractivity (Wildman–Crippen MR) is 93.8 cm³/mol. The summed E-state index contributed by atoms with van der Waals surface area (Å²) in [5.41, 5.74) is 0.574. The molecular weight excluding hydrogens is 354 g/mol. The molecular formula is C17H21N5O5. The van der Waals surface area contributed by atoms with E-state index in [1.807, 2.05) is 0 Å². The summed E-state index contributed by atoms with van der Waals surface area (Å²) in [6.07, 6.45) is 0. The molecule has 2 aliphatic rings. The summed E-state index contributed by atoms with van der Waals surface area (Å²) in [5, 5.41) is 4.02. The van der Waals surface area contributed by atoms with Crippen LogP contribution in [0.25, 0.3) is 5.65 Å². The summed E-state index contributed by atoms with van der Waals surface area (Å²) in [4.78, 5) is 44.1. The zero-order chi connectivity index (χ0) is 19.0. The number of nitrogens with one attached hydrogen (secondary N) is 1. The maximum Gasteiger partial charge on any atom is 0.358 e. The summed E-state index contributed by atoms with van der Waals surface area (Å²) in [6, 6.07) is 1.42. The molecule has 10 heteroatoms. The number of esters is 1. The Morgan fingerprint density at radius 1 is 1.30 bits per heavy atom. The van der Waals surface area contributed by atoms with Gasteiger partial charge in [0.05, 0.1) is 31.9 Å². The van der Waals surface area contributed by atoms with Crippen LogP contribution in [0.15, 0.2) is 10.9 Å². The van der Waals surface area contributed by atoms with E-state index >= 15 is 0 Å². The summed E-state index contributed by atoms with van der Waals surface area (Å²) >= 11 is 0. The molecule has 0 aliphatic carbocycles. The van der Waals surface area contributed by atoms with Crippen LogP contribution in [-0.2, 0) is 16.0 Å². The number of hydrogen-bond donors (Lipinski definition) is 1. The SMILES string of the molecule is CCOC(=O)c1cc2[nH]c3c(c(=O)n2n1)CN(CCN1CCOCC1)C3=O. The fourth-order valence-corrected chi connectivity index (χ4v) is 3.39. The van der Waals surface area contributed by atoms with Crippen LogP contribution in [0.3, 0.4) is 0 Å². The second-order valence-corrected chi connectivity index (χ2v) is 6.51. The summed E-state index contributed by atoms with van der Waals surface area (Å²) in [7, 11) is 0. The molecule has 27 heavy (non-hydrogen) atoms. The van der Waals surface area contributed by atoms with Crippen LogP contribution in [-0.4, -0.2) is 82.3 Å². The van der Waals surface area contributed by atoms with Crippen LogP contribution in [0, 0.1) is 0 Å². The van der Waals surface area contributed by atoms with Crippen molar-refractivity contribution < 1.29 is 19.1 Å². The fraction of sp³-hybridized carbons (Fsp3) is 0.529. The number of carbonyl (C=O) groups excluding carboxylic acids is 2. The van der Waals surface area contributed by atoms with Gasteiger partial charge < -0.3 is 19.4 Å². The van der Waals surface area contributed by atoms with Crippen LogP contribution in [0.4, 0.5) is 0 Å². The minimum absolute atomic E-state index is 0.0329. The fourth-order valence-electron chi connectivity index (χ4n) is 3.39. The Bertz CT molecular complexity index is 943. The second-order valence-electron chi connectivity index (χ2n) is 6.51. The molecule has 0 saturated carbocycles. The van der Waals surface area contributed by atoms with Crippen LogP contribution in [0.5, 0.6) is 0 Å². The number of hydrogen-bond acceptors (Lipinski definition) is 7. The molecule has 4 rings (SSSR count). The normalized spacial score (nSPS) is 17.5. The van der Waals surface area contributed by atoms with E-state index in [-0.39, 0.29) is 30.4 Å². The van der Waals surface area contributed by atoms with Gasteiger partial charge in [-0.15, -0.1) is 0 Å². The molecule has 1 N–H and O–H groups in total. The Morgan fingerprint density at radius 3 is 2.81 bits per heavy atom. The highest BCUT2D eigenvalue weighted by molar-refractivity contribution is 5.97. The van der Waals surface area contributed by atoms with E-state index in [2.05, 4.69) is 15.0 Å². The number of morpholine rings is 1. The maximum absolute atomic E-state index is 12.7. The van der Waals surface area contributed by atoms with Crippen molar-refractivity contribution in [3.8, 4) is 0 Å². The molecule has 0 atom stereocenters. The first-order valence-corrected chi connectivity index (χ1v) is 9.00. The molecule has 2 aromatic rings. The minimum atomic E-state index is -0.604. The van der Waals surface area contributed by atoms with Crippen molar-refractivity contribution in [3.05, 3.63) is 33.4 Å². The Hall–Kier alpha value is -2.72. The first-order chi connectivity index (χ1) is 13.1. The number of ether oxygens (including phenoxy) is 2. The minimum Gasteiger partial charge on any atom is -0.461 e. The van der Waals surface area contributed by atoms with Crippen LogP contribution >= 0.6 is 0 Å². The maximum atomic E-state index is 12.7. The number of fused-ring (bicyclic) bond motifs is 2. The zero-order valence-electron chi connectivity index (χ0n) is 15.1. The number of H-pyrrole nitrogens is 1. The number of rotatable bonds is 5. The Balaban J connectivity index is 1.55. The van der Waals surface area contributed by atoms with E-state index < -0.39 is 11.5 Å². The lowest BCUT2D eigenvalue weighted by molar-refractivity contribution is 0.0327. The van der Waals surface area contributed by atoms with E-state index in [0.717, 1.165) is 24.1 Å². The molecule has 10 nitrogen and oxygen atoms in total. The van der Waals surface area contributed by atoms with E-state index in [1.165, 1.54) is 6.07 Å². The highest BCUT2D eigenvalue weighted by Gasteiger charge is 2.32. The predicted octanol–water partition coefficient (Wildman–Crippen LogP) is -0.513. The number of amides is 1. The van der Waals surface area contributed by atoms with Gasteiger partial charge in [0.1, 0.15) is 11.3 Å². The van der Waals surface area contributed by atoms with Gasteiger partial charge in [-0.1, -0.05) is 0 Å². The van der Waals surface area contributed by atoms with Crippen molar-refractivity contribution in [2.24, 2.45) is 0 Å². The van der Waals surface area contributed by atoms with Gasteiger partial charge in [0, 0.05) is 32.2 Å². The zero-order valence-corrected chi connectivity index (χ0v) is 15.1. The number of aromatic amines is 1. The van der Waals surface area contributed by atoms with Gasteiger partial charge in [0.2, 0.25) is 0 Å². The first kappa shape index (κ1) is 17.7. The number of carbonyl (C=O) groups is 2. The molecule has 2 aromatic heterocycles. The molecule has 0 aromatic carbocycles. The van der Waals surface area contributed by atoms with Crippen molar-refractivity contribution in [1.29, 1.82) is 0 Å². The van der Waals surface area contributed by atoms with Crippen LogP contribution in [0.2, 0.25) is 0 Å². The van der Waals surface area contributed by atoms with E-state index in [1.54, 1.807) is 11.8 Å². The third-order valence-corrected chi connectivity index (χ3v) is 4.84. The average Bonchev–Trinajstić information content (AvgIpc) is 3.24. The quantitative estimate of drug-likeness (QED) is 0.701. The third kappa shape index (κ3) is 3.21. The van der Waals surface area contributed by atoms with E-state index in [0.29, 0.717) is 31.0 Å². The highest BCUT2D eigenvalue weighted by Crippen LogP contribution is 2.19. The van der Waals surface area contributed by atoms with Gasteiger partial charge in [-0.05, 0) is 6.92 Å². The molecule has 144 valence electrons. The van der Waals surface area contributed by atoms with Crippen molar-refractivity contribution in [1.82, 2.24) is 24.4 Å². The lowest BCUT2D eigenvalue weighted by Gasteiger charge is -2.28. The number of nitrogens with zero attached hydrogens (tertiary/aromatic N) is 4. The molecule has 0 spiro atoms. The van der Waals surface area contributed by atoms with Crippen LogP contribution < -0.4 is 5.56 Å². The molecule has 0 bridgehead atoms. The molecule has 1 fully saturated rings. The average molecular weight is 375 g/mol. The lowest BCUT2D eigenvalue weighted by Crippen LogP contribution is -2.41. The van der Waals surface area contributed by atoms with E-state index in [4.69, 9.17) is 9.47 Å². The molecule has 0 unspecified atom stereocenters. The Kier molecular flexibility index (Phi) is 4.66. The van der Waals surface area contributed by atoms with E-state index in [9.17, 15) is 14.4 Å². The summed E-state index contributed by atoms with van der Waals surface area (Å²) in [6.45, 7) is 6.51. The number of aromatic nitrogens is 3. The molecule has 1 saturated heterocycles. The lowest BCUT2D eigenvalue weighted by atomic mass is 10.2. The Morgan fingerprint density at radius 2 is 2.07 bits per heavy atom. The van der Waals surface area contributed by atoms with Gasteiger partial charge in [0.15, 0.2) is 5.69 Å². The summed E-state index contributed by atoms with van der Waals surface area (Å²) < 4.78 is 11.3. The largest absolute Gasteiger partial charge is 0.461 e. The molecule has 1 amide bonds. The van der Waals surface area contributed by atoms with Gasteiger partial charge in [-0.2, -0.15) is 9.61 Å². The highest BCUT2D eigenvalue weighted by atomic mass is 16.5.